The molecule has 5 rings (SSSR count). The Balaban J connectivity index is 1.27. The first-order chi connectivity index (χ1) is 18.6. The molecule has 1 unspecified atom stereocenters. The number of nitrogens with zero attached hydrogens (tertiary/aromatic N) is 4. The molecule has 10 heteroatoms. The van der Waals surface area contributed by atoms with Gasteiger partial charge in [0.2, 0.25) is 5.91 Å². The average Bonchev–Trinajstić information content (AvgIpc) is 3.39. The number of ether oxygens (including phenoxy) is 2. The summed E-state index contributed by atoms with van der Waals surface area (Å²) >= 11 is 1.27. The Bertz CT molecular complexity index is 1360. The van der Waals surface area contributed by atoms with Gasteiger partial charge in [0.25, 0.3) is 0 Å². The molecule has 0 radical (unpaired) electrons. The first-order valence-electron chi connectivity index (χ1n) is 12.4. The Morgan fingerprint density at radius 1 is 1.00 bits per heavy atom. The maximum Gasteiger partial charge on any atom is 0.234 e. The molecule has 2 heterocycles. The van der Waals surface area contributed by atoms with Gasteiger partial charge in [-0.25, -0.2) is 4.39 Å². The molecular formula is C28H28FN5O3S. The van der Waals surface area contributed by atoms with E-state index in [1.807, 2.05) is 59.2 Å². The van der Waals surface area contributed by atoms with Gasteiger partial charge in [-0.1, -0.05) is 42.1 Å². The van der Waals surface area contributed by atoms with Crippen LogP contribution in [0.2, 0.25) is 0 Å². The summed E-state index contributed by atoms with van der Waals surface area (Å²) in [7, 11) is 0. The minimum absolute atomic E-state index is 0.135. The largest absolute Gasteiger partial charge is 0.480 e. The molecule has 1 saturated heterocycles. The number of carbonyl (C=O) groups is 1. The first-order valence-corrected chi connectivity index (χ1v) is 13.3. The minimum Gasteiger partial charge on any atom is -0.480 e. The highest BCUT2D eigenvalue weighted by atomic mass is 32.2. The van der Waals surface area contributed by atoms with E-state index in [1.165, 1.54) is 17.8 Å². The molecule has 1 N–H and O–H groups in total. The van der Waals surface area contributed by atoms with E-state index in [9.17, 15) is 9.18 Å². The second-order valence-electron chi connectivity index (χ2n) is 8.69. The van der Waals surface area contributed by atoms with Gasteiger partial charge in [-0.3, -0.25) is 9.36 Å². The summed E-state index contributed by atoms with van der Waals surface area (Å²) in [5, 5.41) is 12.1. The molecule has 4 aromatic rings. The van der Waals surface area contributed by atoms with Crippen LogP contribution in [0.3, 0.4) is 0 Å². The van der Waals surface area contributed by atoms with Crippen LogP contribution < -0.4 is 15.0 Å². The van der Waals surface area contributed by atoms with E-state index in [0.717, 1.165) is 43.4 Å². The lowest BCUT2D eigenvalue weighted by Gasteiger charge is -2.28. The van der Waals surface area contributed by atoms with Gasteiger partial charge in [-0.2, -0.15) is 0 Å². The highest BCUT2D eigenvalue weighted by Crippen LogP contribution is 2.29. The Hall–Kier alpha value is -3.89. The van der Waals surface area contributed by atoms with Gasteiger partial charge in [0.1, 0.15) is 0 Å². The highest BCUT2D eigenvalue weighted by Gasteiger charge is 2.22. The van der Waals surface area contributed by atoms with Crippen LogP contribution >= 0.6 is 11.8 Å². The first kappa shape index (κ1) is 25.7. The van der Waals surface area contributed by atoms with Crippen molar-refractivity contribution in [1.82, 2.24) is 14.8 Å². The monoisotopic (exact) mass is 533 g/mol. The summed E-state index contributed by atoms with van der Waals surface area (Å²) in [4.78, 5) is 15.0. The molecule has 0 saturated carbocycles. The molecular weight excluding hydrogens is 505 g/mol. The van der Waals surface area contributed by atoms with Gasteiger partial charge in [-0.05, 0) is 55.5 Å². The van der Waals surface area contributed by atoms with Gasteiger partial charge in [0.15, 0.2) is 28.7 Å². The average molecular weight is 534 g/mol. The quantitative estimate of drug-likeness (QED) is 0.299. The van der Waals surface area contributed by atoms with Crippen LogP contribution in [0.15, 0.2) is 84.0 Å². The van der Waals surface area contributed by atoms with E-state index in [-0.39, 0.29) is 17.4 Å². The number of halogens is 1. The van der Waals surface area contributed by atoms with Crippen LogP contribution in [0.1, 0.15) is 18.9 Å². The predicted molar refractivity (Wildman–Crippen MR) is 146 cm³/mol. The molecule has 1 amide bonds. The molecule has 0 aliphatic carbocycles. The molecule has 0 spiro atoms. The third-order valence-electron chi connectivity index (χ3n) is 6.04. The van der Waals surface area contributed by atoms with Gasteiger partial charge < -0.3 is 19.7 Å². The predicted octanol–water partition coefficient (Wildman–Crippen LogP) is 5.11. The SMILES string of the molecule is CC(Oc1ccccc1F)c1nnc(SCC(=O)Nc2ccc(N3CCOCC3)cc2)n1-c1ccccc1. The summed E-state index contributed by atoms with van der Waals surface area (Å²) in [6.07, 6.45) is -0.590. The van der Waals surface area contributed by atoms with Crippen LogP contribution in [-0.2, 0) is 9.53 Å². The van der Waals surface area contributed by atoms with Crippen molar-refractivity contribution in [3.05, 3.63) is 90.5 Å². The third-order valence-corrected chi connectivity index (χ3v) is 6.97. The molecule has 38 heavy (non-hydrogen) atoms. The normalized spacial score (nSPS) is 14.2. The number of aromatic nitrogens is 3. The number of amides is 1. The molecule has 1 aliphatic rings. The number of thioether (sulfide) groups is 1. The second kappa shape index (κ2) is 12.1. The van der Waals surface area contributed by atoms with E-state index in [1.54, 1.807) is 25.1 Å². The van der Waals surface area contributed by atoms with E-state index < -0.39 is 11.9 Å². The lowest BCUT2D eigenvalue weighted by atomic mass is 10.2. The van der Waals surface area contributed by atoms with Crippen molar-refractivity contribution < 1.29 is 18.7 Å². The van der Waals surface area contributed by atoms with Crippen LogP contribution in [0.4, 0.5) is 15.8 Å². The zero-order valence-electron chi connectivity index (χ0n) is 20.9. The smallest absolute Gasteiger partial charge is 0.234 e. The Labute approximate surface area is 224 Å². The Morgan fingerprint density at radius 3 is 2.45 bits per heavy atom. The molecule has 1 atom stereocenters. The summed E-state index contributed by atoms with van der Waals surface area (Å²) in [5.41, 5.74) is 2.65. The number of nitrogens with one attached hydrogen (secondary N) is 1. The minimum atomic E-state index is -0.590. The number of para-hydroxylation sites is 2. The summed E-state index contributed by atoms with van der Waals surface area (Å²) in [6, 6.07) is 23.6. The lowest BCUT2D eigenvalue weighted by Crippen LogP contribution is -2.36. The summed E-state index contributed by atoms with van der Waals surface area (Å²) in [5.74, 6) is 0.166. The molecule has 3 aromatic carbocycles. The number of anilines is 2. The number of rotatable bonds is 9. The van der Waals surface area contributed by atoms with Crippen molar-refractivity contribution in [2.45, 2.75) is 18.2 Å². The van der Waals surface area contributed by atoms with Crippen LogP contribution in [-0.4, -0.2) is 52.7 Å². The fourth-order valence-electron chi connectivity index (χ4n) is 4.15. The standard InChI is InChI=1S/C28H28FN5O3S/c1-20(37-25-10-6-5-9-24(25)29)27-31-32-28(34(27)23-7-3-2-4-8-23)38-19-26(35)30-21-11-13-22(14-12-21)33-15-17-36-18-16-33/h2-14,20H,15-19H2,1H3,(H,30,35). The molecule has 8 nitrogen and oxygen atoms in total. The number of morpholine rings is 1. The van der Waals surface area contributed by atoms with Crippen molar-refractivity contribution in [3.63, 3.8) is 0 Å². The van der Waals surface area contributed by atoms with E-state index >= 15 is 0 Å². The Morgan fingerprint density at radius 2 is 1.71 bits per heavy atom. The third kappa shape index (κ3) is 6.15. The van der Waals surface area contributed by atoms with Crippen molar-refractivity contribution in [2.24, 2.45) is 0 Å². The zero-order chi connectivity index (χ0) is 26.3. The molecule has 1 aliphatic heterocycles. The topological polar surface area (TPSA) is 81.5 Å². The number of benzene rings is 3. The van der Waals surface area contributed by atoms with Gasteiger partial charge in [0.05, 0.1) is 19.0 Å². The maximum absolute atomic E-state index is 14.2. The number of hydrogen-bond acceptors (Lipinski definition) is 7. The number of hydrogen-bond donors (Lipinski definition) is 1. The molecule has 1 fully saturated rings. The zero-order valence-corrected chi connectivity index (χ0v) is 21.7. The van der Waals surface area contributed by atoms with Crippen molar-refractivity contribution in [2.75, 3.05) is 42.3 Å². The molecule has 1 aromatic heterocycles. The van der Waals surface area contributed by atoms with Gasteiger partial charge >= 0.3 is 0 Å². The second-order valence-corrected chi connectivity index (χ2v) is 9.63. The van der Waals surface area contributed by atoms with Gasteiger partial charge in [0, 0.05) is 30.2 Å². The summed E-state index contributed by atoms with van der Waals surface area (Å²) < 4.78 is 27.3. The van der Waals surface area contributed by atoms with Crippen LogP contribution in [0, 0.1) is 5.82 Å². The van der Waals surface area contributed by atoms with Crippen molar-refractivity contribution in [3.8, 4) is 11.4 Å². The number of carbonyl (C=O) groups excluding carboxylic acids is 1. The fourth-order valence-corrected chi connectivity index (χ4v) is 4.90. The van der Waals surface area contributed by atoms with Crippen LogP contribution in [0.5, 0.6) is 5.75 Å². The van der Waals surface area contributed by atoms with E-state index in [0.29, 0.717) is 11.0 Å². The Kier molecular flexibility index (Phi) is 8.20. The fraction of sp³-hybridized carbons (Fsp3) is 0.250. The van der Waals surface area contributed by atoms with Crippen molar-refractivity contribution in [1.29, 1.82) is 0 Å². The lowest BCUT2D eigenvalue weighted by molar-refractivity contribution is -0.113. The van der Waals surface area contributed by atoms with Crippen LogP contribution in [0.25, 0.3) is 5.69 Å². The summed E-state index contributed by atoms with van der Waals surface area (Å²) in [6.45, 7) is 4.95. The molecule has 196 valence electrons. The van der Waals surface area contributed by atoms with E-state index in [2.05, 4.69) is 20.4 Å². The van der Waals surface area contributed by atoms with Crippen molar-refractivity contribution >= 4 is 29.0 Å². The van der Waals surface area contributed by atoms with Gasteiger partial charge in [-0.15, -0.1) is 10.2 Å². The maximum atomic E-state index is 14.2. The van der Waals surface area contributed by atoms with E-state index in [4.69, 9.17) is 9.47 Å². The highest BCUT2D eigenvalue weighted by molar-refractivity contribution is 7.99. The molecule has 0 bridgehead atoms.